The molecule has 0 saturated carbocycles. The summed E-state index contributed by atoms with van der Waals surface area (Å²) >= 11 is 0. The molecule has 4 nitrogen and oxygen atoms in total. The standard InChI is InChI=1S/C13H21N3O/c1-10(5-7-14)3-4-13(17)16-12-6-8-15-11(2)9-12/h6,8-10H,3-5,7,14H2,1-2H3,(H,15,16,17). The van der Waals surface area contributed by atoms with Crippen molar-refractivity contribution in [2.45, 2.75) is 33.1 Å². The first-order chi connectivity index (χ1) is 8.11. The minimum atomic E-state index is 0.0551. The molecule has 0 bridgehead atoms. The van der Waals surface area contributed by atoms with Crippen LogP contribution in [0.15, 0.2) is 18.3 Å². The fourth-order valence-electron chi connectivity index (χ4n) is 1.65. The third-order valence-corrected chi connectivity index (χ3v) is 2.70. The Morgan fingerprint density at radius 1 is 1.53 bits per heavy atom. The lowest BCUT2D eigenvalue weighted by Gasteiger charge is -2.10. The molecule has 3 N–H and O–H groups in total. The predicted octanol–water partition coefficient (Wildman–Crippen LogP) is 2.09. The Bertz CT molecular complexity index is 365. The maximum Gasteiger partial charge on any atom is 0.224 e. The molecule has 0 aliphatic rings. The highest BCUT2D eigenvalue weighted by Gasteiger charge is 2.06. The minimum Gasteiger partial charge on any atom is -0.330 e. The van der Waals surface area contributed by atoms with Crippen LogP contribution in [0.2, 0.25) is 0 Å². The summed E-state index contributed by atoms with van der Waals surface area (Å²) in [5.41, 5.74) is 7.18. The molecular weight excluding hydrogens is 214 g/mol. The van der Waals surface area contributed by atoms with Crippen LogP contribution in [0.5, 0.6) is 0 Å². The van der Waals surface area contributed by atoms with Gasteiger partial charge in [0.05, 0.1) is 0 Å². The van der Waals surface area contributed by atoms with Gasteiger partial charge < -0.3 is 11.1 Å². The Morgan fingerprint density at radius 3 is 2.94 bits per heavy atom. The lowest BCUT2D eigenvalue weighted by molar-refractivity contribution is -0.116. The maximum atomic E-state index is 11.7. The van der Waals surface area contributed by atoms with Crippen molar-refractivity contribution in [3.63, 3.8) is 0 Å². The Kier molecular flexibility index (Phi) is 5.63. The van der Waals surface area contributed by atoms with E-state index < -0.39 is 0 Å². The molecule has 0 fully saturated rings. The molecule has 0 aromatic carbocycles. The number of nitrogens with one attached hydrogen (secondary N) is 1. The number of pyridine rings is 1. The average molecular weight is 235 g/mol. The Hall–Kier alpha value is -1.42. The van der Waals surface area contributed by atoms with E-state index in [0.29, 0.717) is 18.9 Å². The zero-order valence-electron chi connectivity index (χ0n) is 10.6. The molecule has 1 rings (SSSR count). The highest BCUT2D eigenvalue weighted by Crippen LogP contribution is 2.12. The van der Waals surface area contributed by atoms with Gasteiger partial charge in [-0.05, 0) is 44.4 Å². The summed E-state index contributed by atoms with van der Waals surface area (Å²) < 4.78 is 0. The topological polar surface area (TPSA) is 68.0 Å². The van der Waals surface area contributed by atoms with Crippen LogP contribution in [-0.2, 0) is 4.79 Å². The van der Waals surface area contributed by atoms with Gasteiger partial charge in [-0.3, -0.25) is 9.78 Å². The Balaban J connectivity index is 2.34. The van der Waals surface area contributed by atoms with Crippen molar-refractivity contribution in [1.29, 1.82) is 0 Å². The normalized spacial score (nSPS) is 12.2. The summed E-state index contributed by atoms with van der Waals surface area (Å²) in [6.45, 7) is 4.71. The van der Waals surface area contributed by atoms with E-state index in [9.17, 15) is 4.79 Å². The number of hydrogen-bond donors (Lipinski definition) is 2. The van der Waals surface area contributed by atoms with Gasteiger partial charge in [0.2, 0.25) is 5.91 Å². The third kappa shape index (κ3) is 5.45. The summed E-state index contributed by atoms with van der Waals surface area (Å²) in [6.07, 6.45) is 4.10. The zero-order valence-corrected chi connectivity index (χ0v) is 10.6. The van der Waals surface area contributed by atoms with E-state index in [-0.39, 0.29) is 5.91 Å². The van der Waals surface area contributed by atoms with E-state index in [1.165, 1.54) is 0 Å². The fraction of sp³-hybridized carbons (Fsp3) is 0.538. The molecular formula is C13H21N3O. The van der Waals surface area contributed by atoms with Crippen molar-refractivity contribution in [1.82, 2.24) is 4.98 Å². The number of nitrogens with zero attached hydrogens (tertiary/aromatic N) is 1. The predicted molar refractivity (Wildman–Crippen MR) is 69.7 cm³/mol. The molecule has 1 heterocycles. The van der Waals surface area contributed by atoms with Crippen LogP contribution in [-0.4, -0.2) is 17.4 Å². The van der Waals surface area contributed by atoms with E-state index in [2.05, 4.69) is 17.2 Å². The van der Waals surface area contributed by atoms with Crippen LogP contribution in [0, 0.1) is 12.8 Å². The van der Waals surface area contributed by atoms with Gasteiger partial charge in [-0.15, -0.1) is 0 Å². The van der Waals surface area contributed by atoms with Gasteiger partial charge in [0.15, 0.2) is 0 Å². The van der Waals surface area contributed by atoms with Crippen LogP contribution >= 0.6 is 0 Å². The van der Waals surface area contributed by atoms with Gasteiger partial charge in [0.25, 0.3) is 0 Å². The van der Waals surface area contributed by atoms with E-state index >= 15 is 0 Å². The monoisotopic (exact) mass is 235 g/mol. The molecule has 94 valence electrons. The van der Waals surface area contributed by atoms with Crippen LogP contribution in [0.3, 0.4) is 0 Å². The number of anilines is 1. The van der Waals surface area contributed by atoms with Crippen molar-refractivity contribution >= 4 is 11.6 Å². The second-order valence-electron chi connectivity index (χ2n) is 4.46. The molecule has 0 aliphatic carbocycles. The second-order valence-corrected chi connectivity index (χ2v) is 4.46. The van der Waals surface area contributed by atoms with Crippen molar-refractivity contribution in [3.8, 4) is 0 Å². The molecule has 1 atom stereocenters. The number of carbonyl (C=O) groups is 1. The van der Waals surface area contributed by atoms with Crippen LogP contribution < -0.4 is 11.1 Å². The van der Waals surface area contributed by atoms with Gasteiger partial charge in [-0.2, -0.15) is 0 Å². The van der Waals surface area contributed by atoms with E-state index in [1.54, 1.807) is 12.3 Å². The summed E-state index contributed by atoms with van der Waals surface area (Å²) in [4.78, 5) is 15.8. The maximum absolute atomic E-state index is 11.7. The van der Waals surface area contributed by atoms with Crippen LogP contribution in [0.1, 0.15) is 31.9 Å². The van der Waals surface area contributed by atoms with Gasteiger partial charge >= 0.3 is 0 Å². The highest BCUT2D eigenvalue weighted by molar-refractivity contribution is 5.90. The van der Waals surface area contributed by atoms with Crippen molar-refractivity contribution in [2.24, 2.45) is 11.7 Å². The number of hydrogen-bond acceptors (Lipinski definition) is 3. The first-order valence-electron chi connectivity index (χ1n) is 6.04. The summed E-state index contributed by atoms with van der Waals surface area (Å²) in [6, 6.07) is 3.66. The lowest BCUT2D eigenvalue weighted by Crippen LogP contribution is -2.14. The molecule has 0 spiro atoms. The first-order valence-corrected chi connectivity index (χ1v) is 6.04. The van der Waals surface area contributed by atoms with Crippen molar-refractivity contribution < 1.29 is 4.79 Å². The number of carbonyl (C=O) groups excluding carboxylic acids is 1. The third-order valence-electron chi connectivity index (χ3n) is 2.70. The summed E-state index contributed by atoms with van der Waals surface area (Å²) in [7, 11) is 0. The van der Waals surface area contributed by atoms with Gasteiger partial charge in [0, 0.05) is 24.0 Å². The van der Waals surface area contributed by atoms with E-state index in [0.717, 1.165) is 24.2 Å². The molecule has 4 heteroatoms. The van der Waals surface area contributed by atoms with Crippen LogP contribution in [0.25, 0.3) is 0 Å². The fourth-order valence-corrected chi connectivity index (χ4v) is 1.65. The molecule has 1 amide bonds. The number of rotatable bonds is 6. The zero-order chi connectivity index (χ0) is 12.7. The summed E-state index contributed by atoms with van der Waals surface area (Å²) in [5.74, 6) is 0.560. The summed E-state index contributed by atoms with van der Waals surface area (Å²) in [5, 5.41) is 2.87. The lowest BCUT2D eigenvalue weighted by atomic mass is 10.0. The molecule has 0 saturated heterocycles. The Morgan fingerprint density at radius 2 is 2.29 bits per heavy atom. The molecule has 1 unspecified atom stereocenters. The highest BCUT2D eigenvalue weighted by atomic mass is 16.1. The van der Waals surface area contributed by atoms with Gasteiger partial charge in [-0.1, -0.05) is 6.92 Å². The largest absolute Gasteiger partial charge is 0.330 e. The SMILES string of the molecule is Cc1cc(NC(=O)CCC(C)CCN)ccn1. The van der Waals surface area contributed by atoms with Crippen molar-refractivity contribution in [2.75, 3.05) is 11.9 Å². The molecule has 0 radical (unpaired) electrons. The molecule has 1 aromatic heterocycles. The van der Waals surface area contributed by atoms with E-state index in [1.807, 2.05) is 13.0 Å². The van der Waals surface area contributed by atoms with Gasteiger partial charge in [0.1, 0.15) is 0 Å². The second kappa shape index (κ2) is 7.01. The molecule has 0 aliphatic heterocycles. The minimum absolute atomic E-state index is 0.0551. The van der Waals surface area contributed by atoms with Gasteiger partial charge in [-0.25, -0.2) is 0 Å². The Labute approximate surface area is 103 Å². The number of aryl methyl sites for hydroxylation is 1. The number of amides is 1. The smallest absolute Gasteiger partial charge is 0.224 e. The first kappa shape index (κ1) is 13.6. The number of nitrogens with two attached hydrogens (primary N) is 1. The van der Waals surface area contributed by atoms with Crippen LogP contribution in [0.4, 0.5) is 5.69 Å². The van der Waals surface area contributed by atoms with Crippen molar-refractivity contribution in [3.05, 3.63) is 24.0 Å². The quantitative estimate of drug-likeness (QED) is 0.793. The average Bonchev–Trinajstić information content (AvgIpc) is 2.27. The number of aromatic nitrogens is 1. The van der Waals surface area contributed by atoms with E-state index in [4.69, 9.17) is 5.73 Å². The molecule has 17 heavy (non-hydrogen) atoms. The molecule has 1 aromatic rings.